The monoisotopic (exact) mass is 510 g/mol. The Bertz CT molecular complexity index is 1440. The summed E-state index contributed by atoms with van der Waals surface area (Å²) in [5.74, 6) is 1.15. The molecule has 8 nitrogen and oxygen atoms in total. The van der Waals surface area contributed by atoms with Crippen molar-refractivity contribution in [2.45, 2.75) is 45.2 Å². The Morgan fingerprint density at radius 1 is 0.974 bits per heavy atom. The lowest BCUT2D eigenvalue weighted by Crippen LogP contribution is -2.35. The second-order valence-corrected chi connectivity index (χ2v) is 9.87. The average molecular weight is 511 g/mol. The second kappa shape index (κ2) is 12.0. The molecule has 0 radical (unpaired) electrons. The first-order chi connectivity index (χ1) is 18.6. The van der Waals surface area contributed by atoms with Gasteiger partial charge in [0.05, 0.1) is 17.6 Å². The summed E-state index contributed by atoms with van der Waals surface area (Å²) in [5, 5.41) is 12.5. The number of amides is 1. The first-order valence-electron chi connectivity index (χ1n) is 13.3. The van der Waals surface area contributed by atoms with Crippen LogP contribution in [-0.4, -0.2) is 45.2 Å². The van der Waals surface area contributed by atoms with Crippen LogP contribution in [0.1, 0.15) is 43.4 Å². The van der Waals surface area contributed by atoms with E-state index in [-0.39, 0.29) is 11.5 Å². The van der Waals surface area contributed by atoms with E-state index in [1.165, 1.54) is 12.5 Å². The number of carbonyl (C=O) groups is 1. The molecular formula is C30H34N6O2. The summed E-state index contributed by atoms with van der Waals surface area (Å²) < 4.78 is 1.60. The molecule has 1 aliphatic rings. The van der Waals surface area contributed by atoms with E-state index in [0.717, 1.165) is 55.7 Å². The first kappa shape index (κ1) is 25.6. The van der Waals surface area contributed by atoms with Crippen LogP contribution in [0.3, 0.4) is 0 Å². The van der Waals surface area contributed by atoms with Gasteiger partial charge in [-0.1, -0.05) is 36.4 Å². The van der Waals surface area contributed by atoms with Gasteiger partial charge in [-0.25, -0.2) is 4.68 Å². The zero-order valence-electron chi connectivity index (χ0n) is 21.8. The molecule has 0 bridgehead atoms. The Morgan fingerprint density at radius 3 is 2.53 bits per heavy atom. The fourth-order valence-corrected chi connectivity index (χ4v) is 5.20. The largest absolute Gasteiger partial charge is 0.362 e. The van der Waals surface area contributed by atoms with E-state index in [1.54, 1.807) is 10.9 Å². The molecule has 2 N–H and O–H groups in total. The standard InChI is InChI=1S/C30H34N6O2/c1-22(37)33-25-10-6-8-24(20-25)23-13-18-35(19-14-23)16-7-17-36-30(38)28-12-3-2-11-27(28)29(34-36)32-21-26-9-4-5-15-31-26/h2-6,8-12,15,20,23H,7,13-14,16-19,21H2,1H3,(H,32,34)(H,33,37). The number of likely N-dealkylation sites (tertiary alicyclic amines) is 1. The van der Waals surface area contributed by atoms with Gasteiger partial charge in [0.25, 0.3) is 5.56 Å². The van der Waals surface area contributed by atoms with E-state index in [4.69, 9.17) is 5.10 Å². The van der Waals surface area contributed by atoms with Crippen molar-refractivity contribution < 1.29 is 4.79 Å². The summed E-state index contributed by atoms with van der Waals surface area (Å²) in [4.78, 5) is 31.4. The number of nitrogens with zero attached hydrogens (tertiary/aromatic N) is 4. The number of piperidine rings is 1. The molecular weight excluding hydrogens is 476 g/mol. The van der Waals surface area contributed by atoms with Gasteiger partial charge in [0.1, 0.15) is 0 Å². The highest BCUT2D eigenvalue weighted by atomic mass is 16.1. The number of anilines is 2. The molecule has 0 saturated carbocycles. The van der Waals surface area contributed by atoms with Gasteiger partial charge in [0, 0.05) is 30.7 Å². The quantitative estimate of drug-likeness (QED) is 0.341. The fraction of sp³-hybridized carbons (Fsp3) is 0.333. The minimum Gasteiger partial charge on any atom is -0.362 e. The van der Waals surface area contributed by atoms with Crippen LogP contribution < -0.4 is 16.2 Å². The Hall–Kier alpha value is -4.04. The maximum atomic E-state index is 13.2. The zero-order chi connectivity index (χ0) is 26.3. The average Bonchev–Trinajstić information content (AvgIpc) is 2.94. The first-order valence-corrected chi connectivity index (χ1v) is 13.3. The molecule has 1 fully saturated rings. The molecule has 0 spiro atoms. The summed E-state index contributed by atoms with van der Waals surface area (Å²) in [6.45, 7) is 5.61. The van der Waals surface area contributed by atoms with Crippen LogP contribution in [0.2, 0.25) is 0 Å². The summed E-state index contributed by atoms with van der Waals surface area (Å²) in [6, 6.07) is 21.7. The molecule has 1 amide bonds. The van der Waals surface area contributed by atoms with Gasteiger partial charge >= 0.3 is 0 Å². The van der Waals surface area contributed by atoms with Crippen LogP contribution in [0, 0.1) is 0 Å². The van der Waals surface area contributed by atoms with E-state index in [1.807, 2.05) is 54.6 Å². The molecule has 1 saturated heterocycles. The maximum absolute atomic E-state index is 13.2. The normalized spacial score (nSPS) is 14.4. The lowest BCUT2D eigenvalue weighted by atomic mass is 9.89. The molecule has 3 heterocycles. The number of rotatable bonds is 9. The van der Waals surface area contributed by atoms with E-state index in [9.17, 15) is 9.59 Å². The van der Waals surface area contributed by atoms with E-state index in [2.05, 4.69) is 32.7 Å². The molecule has 0 atom stereocenters. The van der Waals surface area contributed by atoms with Crippen LogP contribution >= 0.6 is 0 Å². The van der Waals surface area contributed by atoms with Gasteiger partial charge in [-0.15, -0.1) is 0 Å². The Balaban J connectivity index is 1.19. The van der Waals surface area contributed by atoms with Crippen molar-refractivity contribution in [2.75, 3.05) is 30.3 Å². The number of nitrogens with one attached hydrogen (secondary N) is 2. The third-order valence-corrected chi connectivity index (χ3v) is 7.14. The minimum absolute atomic E-state index is 0.0481. The molecule has 0 unspecified atom stereocenters. The van der Waals surface area contributed by atoms with Crippen molar-refractivity contribution in [2.24, 2.45) is 0 Å². The molecule has 38 heavy (non-hydrogen) atoms. The predicted molar refractivity (Wildman–Crippen MR) is 151 cm³/mol. The Labute approximate surface area is 222 Å². The number of aromatic nitrogens is 3. The van der Waals surface area contributed by atoms with E-state index in [0.29, 0.717) is 30.2 Å². The van der Waals surface area contributed by atoms with Crippen LogP contribution in [0.5, 0.6) is 0 Å². The molecule has 5 rings (SSSR count). The molecule has 8 heteroatoms. The summed E-state index contributed by atoms with van der Waals surface area (Å²) in [7, 11) is 0. The third-order valence-electron chi connectivity index (χ3n) is 7.14. The van der Waals surface area contributed by atoms with Crippen molar-refractivity contribution >= 4 is 28.2 Å². The lowest BCUT2D eigenvalue weighted by Gasteiger charge is -2.32. The molecule has 0 aliphatic carbocycles. The summed E-state index contributed by atoms with van der Waals surface area (Å²) in [6.07, 6.45) is 4.79. The van der Waals surface area contributed by atoms with Crippen molar-refractivity contribution in [3.05, 3.63) is 94.5 Å². The van der Waals surface area contributed by atoms with E-state index >= 15 is 0 Å². The summed E-state index contributed by atoms with van der Waals surface area (Å²) >= 11 is 0. The van der Waals surface area contributed by atoms with Crippen LogP contribution in [0.25, 0.3) is 10.8 Å². The maximum Gasteiger partial charge on any atom is 0.274 e. The van der Waals surface area contributed by atoms with Gasteiger partial charge in [-0.3, -0.25) is 14.6 Å². The molecule has 1 aliphatic heterocycles. The SMILES string of the molecule is CC(=O)Nc1cccc(C2CCN(CCCn3nc(NCc4ccccn4)c4ccccc4c3=O)CC2)c1. The Morgan fingerprint density at radius 2 is 1.76 bits per heavy atom. The van der Waals surface area contributed by atoms with Gasteiger partial charge < -0.3 is 15.5 Å². The van der Waals surface area contributed by atoms with E-state index < -0.39 is 0 Å². The van der Waals surface area contributed by atoms with Crippen molar-refractivity contribution in [1.82, 2.24) is 19.7 Å². The smallest absolute Gasteiger partial charge is 0.274 e. The number of hydrogen-bond acceptors (Lipinski definition) is 6. The number of hydrogen-bond donors (Lipinski definition) is 2. The fourth-order valence-electron chi connectivity index (χ4n) is 5.20. The number of benzene rings is 2. The lowest BCUT2D eigenvalue weighted by molar-refractivity contribution is -0.114. The van der Waals surface area contributed by atoms with Crippen molar-refractivity contribution in [3.63, 3.8) is 0 Å². The number of aryl methyl sites for hydroxylation is 1. The second-order valence-electron chi connectivity index (χ2n) is 9.87. The third kappa shape index (κ3) is 6.26. The highest BCUT2D eigenvalue weighted by Gasteiger charge is 2.21. The molecule has 2 aromatic carbocycles. The topological polar surface area (TPSA) is 92.2 Å². The highest BCUT2D eigenvalue weighted by molar-refractivity contribution is 5.91. The van der Waals surface area contributed by atoms with Gasteiger partial charge in [0.2, 0.25) is 5.91 Å². The predicted octanol–water partition coefficient (Wildman–Crippen LogP) is 4.63. The highest BCUT2D eigenvalue weighted by Crippen LogP contribution is 2.29. The Kier molecular flexibility index (Phi) is 8.09. The number of fused-ring (bicyclic) bond motifs is 1. The molecule has 196 valence electrons. The van der Waals surface area contributed by atoms with Crippen molar-refractivity contribution in [1.29, 1.82) is 0 Å². The zero-order valence-corrected chi connectivity index (χ0v) is 21.8. The van der Waals surface area contributed by atoms with Crippen LogP contribution in [0.15, 0.2) is 77.7 Å². The molecule has 4 aromatic rings. The number of pyridine rings is 1. The van der Waals surface area contributed by atoms with Gasteiger partial charge in [-0.05, 0) is 80.7 Å². The number of carbonyl (C=O) groups excluding carboxylic acids is 1. The van der Waals surface area contributed by atoms with Crippen LogP contribution in [-0.2, 0) is 17.9 Å². The minimum atomic E-state index is -0.0539. The van der Waals surface area contributed by atoms with Gasteiger partial charge in [-0.2, -0.15) is 5.10 Å². The summed E-state index contributed by atoms with van der Waals surface area (Å²) in [5.41, 5.74) is 3.01. The molecule has 2 aromatic heterocycles. The van der Waals surface area contributed by atoms with Gasteiger partial charge in [0.15, 0.2) is 5.82 Å². The van der Waals surface area contributed by atoms with Crippen LogP contribution in [0.4, 0.5) is 11.5 Å². The van der Waals surface area contributed by atoms with Crippen molar-refractivity contribution in [3.8, 4) is 0 Å².